The molecule has 2 aromatic heterocycles. The lowest BCUT2D eigenvalue weighted by molar-refractivity contribution is -0.122. The van der Waals surface area contributed by atoms with Crippen molar-refractivity contribution in [2.75, 3.05) is 0 Å². The van der Waals surface area contributed by atoms with Gasteiger partial charge in [-0.25, -0.2) is 4.68 Å². The first-order valence-corrected chi connectivity index (χ1v) is 7.60. The zero-order valence-electron chi connectivity index (χ0n) is 13.2. The Kier molecular flexibility index (Phi) is 4.56. The van der Waals surface area contributed by atoms with Crippen LogP contribution in [0, 0.1) is 0 Å². The van der Waals surface area contributed by atoms with Crippen LogP contribution in [0.3, 0.4) is 0 Å². The number of benzene rings is 1. The van der Waals surface area contributed by atoms with Crippen molar-refractivity contribution in [3.05, 3.63) is 76.8 Å². The average molecular weight is 323 g/mol. The lowest BCUT2D eigenvalue weighted by Gasteiger charge is -2.14. The third-order valence-electron chi connectivity index (χ3n) is 3.61. The molecule has 3 aromatic rings. The molecule has 0 aliphatic rings. The molecule has 1 unspecified atom stereocenters. The number of nitrogens with one attached hydrogen (secondary N) is 1. The number of nitrogens with zero attached hydrogens (tertiary/aromatic N) is 2. The Morgan fingerprint density at radius 3 is 2.67 bits per heavy atom. The first kappa shape index (κ1) is 15.7. The largest absolute Gasteiger partial charge is 0.463 e. The molecule has 0 saturated heterocycles. The van der Waals surface area contributed by atoms with Gasteiger partial charge in [-0.05, 0) is 30.7 Å². The predicted molar refractivity (Wildman–Crippen MR) is 89.2 cm³/mol. The van der Waals surface area contributed by atoms with Crippen LogP contribution in [0.15, 0.2) is 70.1 Å². The van der Waals surface area contributed by atoms with Crippen molar-refractivity contribution < 1.29 is 9.21 Å². The number of furan rings is 1. The summed E-state index contributed by atoms with van der Waals surface area (Å²) in [6, 6.07) is 15.9. The van der Waals surface area contributed by atoms with Crippen LogP contribution in [0.1, 0.15) is 18.5 Å². The highest BCUT2D eigenvalue weighted by molar-refractivity contribution is 5.76. The van der Waals surface area contributed by atoms with E-state index in [0.717, 1.165) is 10.2 Å². The Labute approximate surface area is 138 Å². The van der Waals surface area contributed by atoms with Crippen LogP contribution in [0.4, 0.5) is 0 Å². The summed E-state index contributed by atoms with van der Waals surface area (Å²) in [6.07, 6.45) is 1.53. The lowest BCUT2D eigenvalue weighted by Crippen LogP contribution is -2.34. The first-order valence-electron chi connectivity index (χ1n) is 7.60. The highest BCUT2D eigenvalue weighted by Gasteiger charge is 2.12. The molecular weight excluding hydrogens is 306 g/mol. The molecule has 0 saturated carbocycles. The lowest BCUT2D eigenvalue weighted by atomic mass is 10.1. The number of amides is 1. The van der Waals surface area contributed by atoms with E-state index in [0.29, 0.717) is 11.5 Å². The number of carbonyl (C=O) groups excluding carboxylic acids is 1. The second-order valence-corrected chi connectivity index (χ2v) is 5.39. The molecule has 1 N–H and O–H groups in total. The van der Waals surface area contributed by atoms with Crippen molar-refractivity contribution >= 4 is 5.91 Å². The summed E-state index contributed by atoms with van der Waals surface area (Å²) in [5, 5.41) is 7.05. The van der Waals surface area contributed by atoms with Gasteiger partial charge < -0.3 is 9.73 Å². The number of rotatable bonds is 5. The van der Waals surface area contributed by atoms with Crippen LogP contribution in [-0.4, -0.2) is 15.7 Å². The molecule has 1 amide bonds. The quantitative estimate of drug-likeness (QED) is 0.782. The normalized spacial score (nSPS) is 11.9. The maximum Gasteiger partial charge on any atom is 0.267 e. The highest BCUT2D eigenvalue weighted by atomic mass is 16.3. The van der Waals surface area contributed by atoms with Gasteiger partial charge in [-0.15, -0.1) is 0 Å². The van der Waals surface area contributed by atoms with E-state index >= 15 is 0 Å². The van der Waals surface area contributed by atoms with Crippen LogP contribution in [0.25, 0.3) is 11.5 Å². The first-order chi connectivity index (χ1) is 11.6. The number of carbonyl (C=O) groups is 1. The minimum Gasteiger partial charge on any atom is -0.463 e. The second kappa shape index (κ2) is 6.95. The molecular formula is C18H17N3O3. The Bertz CT molecular complexity index is 870. The maximum absolute atomic E-state index is 12.2. The van der Waals surface area contributed by atoms with E-state index in [2.05, 4.69) is 10.4 Å². The van der Waals surface area contributed by atoms with Gasteiger partial charge in [0.05, 0.1) is 12.3 Å². The van der Waals surface area contributed by atoms with Crippen LogP contribution < -0.4 is 10.9 Å². The van der Waals surface area contributed by atoms with Crippen molar-refractivity contribution in [2.45, 2.75) is 19.5 Å². The molecule has 0 bridgehead atoms. The van der Waals surface area contributed by atoms with Crippen LogP contribution in [-0.2, 0) is 11.3 Å². The smallest absolute Gasteiger partial charge is 0.267 e. The fourth-order valence-corrected chi connectivity index (χ4v) is 2.37. The van der Waals surface area contributed by atoms with Gasteiger partial charge in [0.15, 0.2) is 5.76 Å². The molecule has 0 aliphatic heterocycles. The van der Waals surface area contributed by atoms with E-state index in [9.17, 15) is 9.59 Å². The van der Waals surface area contributed by atoms with Gasteiger partial charge in [-0.3, -0.25) is 9.59 Å². The molecule has 24 heavy (non-hydrogen) atoms. The summed E-state index contributed by atoms with van der Waals surface area (Å²) in [5.74, 6) is 0.263. The summed E-state index contributed by atoms with van der Waals surface area (Å²) >= 11 is 0. The van der Waals surface area contributed by atoms with Crippen molar-refractivity contribution in [3.8, 4) is 11.5 Å². The number of hydrogen-bond acceptors (Lipinski definition) is 4. The SMILES string of the molecule is CC(NC(=O)Cn1nc(-c2ccco2)ccc1=O)c1ccccc1. The highest BCUT2D eigenvalue weighted by Crippen LogP contribution is 2.15. The minimum atomic E-state index is -0.340. The molecule has 6 heteroatoms. The fraction of sp³-hybridized carbons (Fsp3) is 0.167. The third kappa shape index (κ3) is 3.60. The topological polar surface area (TPSA) is 77.1 Å². The van der Waals surface area contributed by atoms with E-state index in [4.69, 9.17) is 4.42 Å². The van der Waals surface area contributed by atoms with Crippen LogP contribution >= 0.6 is 0 Å². The van der Waals surface area contributed by atoms with Gasteiger partial charge in [0.1, 0.15) is 12.2 Å². The maximum atomic E-state index is 12.2. The molecule has 122 valence electrons. The molecule has 0 radical (unpaired) electrons. The molecule has 1 aromatic carbocycles. The van der Waals surface area contributed by atoms with Gasteiger partial charge in [0.2, 0.25) is 5.91 Å². The van der Waals surface area contributed by atoms with E-state index in [1.165, 1.54) is 12.3 Å². The molecule has 3 rings (SSSR count). The summed E-state index contributed by atoms with van der Waals surface area (Å²) in [6.45, 7) is 1.74. The van der Waals surface area contributed by atoms with E-state index < -0.39 is 0 Å². The van der Waals surface area contributed by atoms with Crippen LogP contribution in [0.2, 0.25) is 0 Å². The van der Waals surface area contributed by atoms with Crippen molar-refractivity contribution in [1.29, 1.82) is 0 Å². The summed E-state index contributed by atoms with van der Waals surface area (Å²) in [4.78, 5) is 24.1. The fourth-order valence-electron chi connectivity index (χ4n) is 2.37. The van der Waals surface area contributed by atoms with Gasteiger partial charge in [0, 0.05) is 6.07 Å². The summed E-state index contributed by atoms with van der Waals surface area (Å²) in [7, 11) is 0. The summed E-state index contributed by atoms with van der Waals surface area (Å²) in [5.41, 5.74) is 1.16. The number of hydrogen-bond donors (Lipinski definition) is 1. The Morgan fingerprint density at radius 1 is 1.17 bits per heavy atom. The van der Waals surface area contributed by atoms with Crippen molar-refractivity contribution in [1.82, 2.24) is 15.1 Å². The molecule has 1 atom stereocenters. The van der Waals surface area contributed by atoms with Crippen molar-refractivity contribution in [2.24, 2.45) is 0 Å². The second-order valence-electron chi connectivity index (χ2n) is 5.39. The molecule has 0 fully saturated rings. The Hall–Kier alpha value is -3.15. The average Bonchev–Trinajstić information content (AvgIpc) is 3.12. The zero-order chi connectivity index (χ0) is 16.9. The third-order valence-corrected chi connectivity index (χ3v) is 3.61. The van der Waals surface area contributed by atoms with E-state index in [1.54, 1.807) is 18.2 Å². The Balaban J connectivity index is 1.72. The van der Waals surface area contributed by atoms with Crippen molar-refractivity contribution in [3.63, 3.8) is 0 Å². The summed E-state index contributed by atoms with van der Waals surface area (Å²) < 4.78 is 6.39. The molecule has 2 heterocycles. The van der Waals surface area contributed by atoms with Gasteiger partial charge >= 0.3 is 0 Å². The standard InChI is InChI=1S/C18H17N3O3/c1-13(14-6-3-2-4-7-14)19-17(22)12-21-18(23)10-9-15(20-21)16-8-5-11-24-16/h2-11,13H,12H2,1H3,(H,19,22). The van der Waals surface area contributed by atoms with E-state index in [1.807, 2.05) is 37.3 Å². The van der Waals surface area contributed by atoms with Gasteiger partial charge in [-0.1, -0.05) is 30.3 Å². The minimum absolute atomic E-state index is 0.148. The monoisotopic (exact) mass is 323 g/mol. The molecule has 0 spiro atoms. The van der Waals surface area contributed by atoms with Crippen LogP contribution in [0.5, 0.6) is 0 Å². The number of aromatic nitrogens is 2. The predicted octanol–water partition coefficient (Wildman–Crippen LogP) is 2.38. The van der Waals surface area contributed by atoms with E-state index in [-0.39, 0.29) is 24.1 Å². The molecule has 6 nitrogen and oxygen atoms in total. The van der Waals surface area contributed by atoms with Gasteiger partial charge in [0.25, 0.3) is 5.56 Å². The zero-order valence-corrected chi connectivity index (χ0v) is 13.2. The van der Waals surface area contributed by atoms with Gasteiger partial charge in [-0.2, -0.15) is 5.10 Å². The molecule has 0 aliphatic carbocycles. The Morgan fingerprint density at radius 2 is 1.96 bits per heavy atom.